The number of nitrogens with one attached hydrogen (secondary N) is 1. The molecule has 7 nitrogen and oxygen atoms in total. The Bertz CT molecular complexity index is 994. The lowest BCUT2D eigenvalue weighted by Gasteiger charge is -2.18. The highest BCUT2D eigenvalue weighted by Gasteiger charge is 2.18. The molecule has 28 heavy (non-hydrogen) atoms. The van der Waals surface area contributed by atoms with E-state index in [2.05, 4.69) is 26.3 Å². The molecule has 0 fully saturated rings. The first kappa shape index (κ1) is 19.9. The van der Waals surface area contributed by atoms with Gasteiger partial charge in [0.05, 0.1) is 17.9 Å². The molecule has 0 unspecified atom stereocenters. The fourth-order valence-corrected chi connectivity index (χ4v) is 3.17. The van der Waals surface area contributed by atoms with E-state index in [1.807, 2.05) is 48.9 Å². The maximum Gasteiger partial charge on any atom is 0.287 e. The second-order valence-corrected chi connectivity index (χ2v) is 7.21. The normalized spacial score (nSPS) is 10.7. The van der Waals surface area contributed by atoms with Gasteiger partial charge in [0.25, 0.3) is 5.91 Å². The van der Waals surface area contributed by atoms with E-state index in [-0.39, 0.29) is 18.2 Å². The first-order chi connectivity index (χ1) is 13.4. The summed E-state index contributed by atoms with van der Waals surface area (Å²) < 4.78 is 7.51. The number of aryl methyl sites for hydroxylation is 1. The van der Waals surface area contributed by atoms with E-state index >= 15 is 0 Å². The second kappa shape index (κ2) is 8.43. The number of amides is 2. The molecule has 0 saturated carbocycles. The van der Waals surface area contributed by atoms with Gasteiger partial charge in [-0.15, -0.1) is 0 Å². The molecular weight excluding hydrogens is 424 g/mol. The van der Waals surface area contributed by atoms with Gasteiger partial charge in [-0.05, 0) is 54.0 Å². The minimum absolute atomic E-state index is 0.113. The summed E-state index contributed by atoms with van der Waals surface area (Å²) in [7, 11) is 1.71. The summed E-state index contributed by atoms with van der Waals surface area (Å²) in [6.07, 6.45) is 0. The number of hydrogen-bond acceptors (Lipinski definition) is 4. The first-order valence-electron chi connectivity index (χ1n) is 8.75. The second-order valence-electron chi connectivity index (χ2n) is 6.43. The molecule has 1 N–H and O–H groups in total. The van der Waals surface area contributed by atoms with Gasteiger partial charge in [0, 0.05) is 24.8 Å². The van der Waals surface area contributed by atoms with Crippen molar-refractivity contribution in [1.29, 1.82) is 0 Å². The zero-order valence-corrected chi connectivity index (χ0v) is 17.5. The number of aromatic nitrogens is 2. The van der Waals surface area contributed by atoms with Crippen molar-refractivity contribution < 1.29 is 14.0 Å². The van der Waals surface area contributed by atoms with Gasteiger partial charge >= 0.3 is 0 Å². The number of carbonyl (C=O) groups excluding carboxylic acids is 2. The van der Waals surface area contributed by atoms with Crippen LogP contribution in [0, 0.1) is 13.8 Å². The van der Waals surface area contributed by atoms with Crippen molar-refractivity contribution in [2.24, 2.45) is 0 Å². The molecule has 0 spiro atoms. The van der Waals surface area contributed by atoms with Crippen LogP contribution in [0.1, 0.15) is 27.5 Å². The molecule has 2 heterocycles. The molecule has 2 amide bonds. The van der Waals surface area contributed by atoms with Crippen LogP contribution >= 0.6 is 15.9 Å². The van der Waals surface area contributed by atoms with E-state index < -0.39 is 5.91 Å². The Labute approximate surface area is 171 Å². The van der Waals surface area contributed by atoms with Crippen molar-refractivity contribution in [2.75, 3.05) is 13.6 Å². The van der Waals surface area contributed by atoms with Crippen LogP contribution in [0.2, 0.25) is 0 Å². The van der Waals surface area contributed by atoms with Gasteiger partial charge < -0.3 is 14.6 Å². The third-order valence-corrected chi connectivity index (χ3v) is 4.89. The van der Waals surface area contributed by atoms with Crippen molar-refractivity contribution in [2.45, 2.75) is 20.4 Å². The van der Waals surface area contributed by atoms with Crippen LogP contribution in [0.15, 0.2) is 51.6 Å². The van der Waals surface area contributed by atoms with Crippen molar-refractivity contribution in [3.63, 3.8) is 0 Å². The predicted octanol–water partition coefficient (Wildman–Crippen LogP) is 3.23. The summed E-state index contributed by atoms with van der Waals surface area (Å²) >= 11 is 3.14. The number of likely N-dealkylation sites (N-methyl/N-ethyl adjacent to an activating group) is 1. The number of nitrogens with zero attached hydrogens (tertiary/aromatic N) is 3. The Kier molecular flexibility index (Phi) is 5.99. The number of halogens is 1. The third kappa shape index (κ3) is 4.33. The zero-order valence-electron chi connectivity index (χ0n) is 15.9. The summed E-state index contributed by atoms with van der Waals surface area (Å²) in [6.45, 7) is 4.21. The quantitative estimate of drug-likeness (QED) is 0.632. The smallest absolute Gasteiger partial charge is 0.287 e. The molecule has 3 aromatic rings. The highest BCUT2D eigenvalue weighted by Crippen LogP contribution is 2.19. The van der Waals surface area contributed by atoms with Crippen LogP contribution in [-0.2, 0) is 11.3 Å². The molecule has 8 heteroatoms. The Morgan fingerprint density at radius 3 is 2.54 bits per heavy atom. The van der Waals surface area contributed by atoms with Gasteiger partial charge in [-0.1, -0.05) is 18.2 Å². The molecule has 0 aliphatic heterocycles. The van der Waals surface area contributed by atoms with Crippen molar-refractivity contribution in [3.8, 4) is 5.69 Å². The molecular formula is C20H21BrN4O3. The van der Waals surface area contributed by atoms with Crippen molar-refractivity contribution in [1.82, 2.24) is 20.0 Å². The monoisotopic (exact) mass is 444 g/mol. The summed E-state index contributed by atoms with van der Waals surface area (Å²) in [6, 6.07) is 13.0. The zero-order chi connectivity index (χ0) is 20.3. The SMILES string of the molecule is Cc1nn(-c2ccccc2)c(C)c1CN(C)C(=O)CNC(=O)c1ccc(Br)o1. The first-order valence-corrected chi connectivity index (χ1v) is 9.54. The van der Waals surface area contributed by atoms with Gasteiger partial charge in [0.15, 0.2) is 10.4 Å². The van der Waals surface area contributed by atoms with Gasteiger partial charge in [-0.3, -0.25) is 9.59 Å². The van der Waals surface area contributed by atoms with Crippen molar-refractivity contribution in [3.05, 3.63) is 69.8 Å². The molecule has 1 aromatic carbocycles. The summed E-state index contributed by atoms with van der Waals surface area (Å²) in [4.78, 5) is 26.0. The number of hydrogen-bond donors (Lipinski definition) is 1. The summed E-state index contributed by atoms with van der Waals surface area (Å²) in [5.74, 6) is -0.486. The minimum atomic E-state index is -0.434. The Hall–Kier alpha value is -2.87. The molecule has 146 valence electrons. The average molecular weight is 445 g/mol. The third-order valence-electron chi connectivity index (χ3n) is 4.46. The lowest BCUT2D eigenvalue weighted by Crippen LogP contribution is -2.37. The highest BCUT2D eigenvalue weighted by molar-refractivity contribution is 9.10. The molecule has 0 radical (unpaired) electrons. The van der Waals surface area contributed by atoms with Crippen LogP contribution in [0.4, 0.5) is 0 Å². The standard InChI is InChI=1S/C20H21BrN4O3/c1-13-16(14(2)25(23-13)15-7-5-4-6-8-15)12-24(3)19(26)11-22-20(27)17-9-10-18(21)28-17/h4-10H,11-12H2,1-3H3,(H,22,27). The average Bonchev–Trinajstić information content (AvgIpc) is 3.25. The largest absolute Gasteiger partial charge is 0.444 e. The van der Waals surface area contributed by atoms with E-state index in [9.17, 15) is 9.59 Å². The molecule has 0 saturated heterocycles. The number of carbonyl (C=O) groups is 2. The van der Waals surface area contributed by atoms with E-state index in [1.165, 1.54) is 6.07 Å². The van der Waals surface area contributed by atoms with Crippen LogP contribution in [0.5, 0.6) is 0 Å². The number of rotatable bonds is 6. The number of furan rings is 1. The molecule has 0 aliphatic carbocycles. The topological polar surface area (TPSA) is 80.4 Å². The van der Waals surface area contributed by atoms with Gasteiger partial charge in [0.2, 0.25) is 5.91 Å². The fraction of sp³-hybridized carbons (Fsp3) is 0.250. The maximum atomic E-state index is 12.4. The van der Waals surface area contributed by atoms with Crippen LogP contribution < -0.4 is 5.32 Å². The van der Waals surface area contributed by atoms with E-state index in [0.717, 1.165) is 22.6 Å². The summed E-state index contributed by atoms with van der Waals surface area (Å²) in [5.41, 5.74) is 3.81. The molecule has 2 aromatic heterocycles. The highest BCUT2D eigenvalue weighted by atomic mass is 79.9. The van der Waals surface area contributed by atoms with E-state index in [4.69, 9.17) is 4.42 Å². The van der Waals surface area contributed by atoms with Gasteiger partial charge in [0.1, 0.15) is 0 Å². The number of para-hydroxylation sites is 1. The molecule has 3 rings (SSSR count). The van der Waals surface area contributed by atoms with Gasteiger partial charge in [-0.2, -0.15) is 5.10 Å². The lowest BCUT2D eigenvalue weighted by molar-refractivity contribution is -0.129. The Morgan fingerprint density at radius 2 is 1.89 bits per heavy atom. The van der Waals surface area contributed by atoms with Gasteiger partial charge in [-0.25, -0.2) is 4.68 Å². The minimum Gasteiger partial charge on any atom is -0.444 e. The molecule has 0 aliphatic rings. The fourth-order valence-electron chi connectivity index (χ4n) is 2.86. The predicted molar refractivity (Wildman–Crippen MR) is 108 cm³/mol. The lowest BCUT2D eigenvalue weighted by atomic mass is 10.2. The Balaban J connectivity index is 1.64. The maximum absolute atomic E-state index is 12.4. The van der Waals surface area contributed by atoms with Crippen LogP contribution in [0.3, 0.4) is 0 Å². The van der Waals surface area contributed by atoms with E-state index in [0.29, 0.717) is 11.2 Å². The van der Waals surface area contributed by atoms with Crippen molar-refractivity contribution >= 4 is 27.7 Å². The Morgan fingerprint density at radius 1 is 1.18 bits per heavy atom. The molecule has 0 bridgehead atoms. The molecule has 0 atom stereocenters. The van der Waals surface area contributed by atoms with Crippen LogP contribution in [0.25, 0.3) is 5.69 Å². The summed E-state index contributed by atoms with van der Waals surface area (Å²) in [5, 5.41) is 7.17. The van der Waals surface area contributed by atoms with Crippen LogP contribution in [-0.4, -0.2) is 40.1 Å². The van der Waals surface area contributed by atoms with E-state index in [1.54, 1.807) is 18.0 Å². The number of benzene rings is 1.